The van der Waals surface area contributed by atoms with E-state index in [9.17, 15) is 29.8 Å². The van der Waals surface area contributed by atoms with Crippen LogP contribution in [0.15, 0.2) is 72.8 Å². The van der Waals surface area contributed by atoms with E-state index < -0.39 is 21.7 Å². The van der Waals surface area contributed by atoms with E-state index in [0.717, 1.165) is 37.1 Å². The molecule has 1 saturated carbocycles. The average Bonchev–Trinajstić information content (AvgIpc) is 3.02. The fraction of sp³-hybridized carbons (Fsp3) is 0.267. The first kappa shape index (κ1) is 29.8. The second-order valence-electron chi connectivity index (χ2n) is 10.5. The van der Waals surface area contributed by atoms with Crippen LogP contribution >= 0.6 is 0 Å². The summed E-state index contributed by atoms with van der Waals surface area (Å²) in [6.45, 7) is 0. The van der Waals surface area contributed by atoms with Crippen molar-refractivity contribution in [3.05, 3.63) is 116 Å². The van der Waals surface area contributed by atoms with E-state index in [1.165, 1.54) is 12.1 Å². The molecule has 0 unspecified atom stereocenters. The summed E-state index contributed by atoms with van der Waals surface area (Å²) in [7, 11) is 0. The number of nitro benzene ring substituents is 2. The molecule has 14 nitrogen and oxygen atoms in total. The summed E-state index contributed by atoms with van der Waals surface area (Å²) in [6, 6.07) is 19.2. The van der Waals surface area contributed by atoms with Crippen molar-refractivity contribution >= 4 is 34.8 Å². The fourth-order valence-electron chi connectivity index (χ4n) is 5.38. The third kappa shape index (κ3) is 7.40. The second-order valence-corrected chi connectivity index (χ2v) is 10.5. The van der Waals surface area contributed by atoms with Crippen molar-refractivity contribution in [1.29, 1.82) is 0 Å². The maximum atomic E-state index is 12.5. The number of hydrogen-bond donors (Lipinski definition) is 2. The Bertz CT molecular complexity index is 1560. The first-order chi connectivity index (χ1) is 21.3. The minimum Gasteiger partial charge on any atom is -0.309 e. The number of para-hydroxylation sites is 2. The van der Waals surface area contributed by atoms with Crippen LogP contribution in [0.1, 0.15) is 60.0 Å². The van der Waals surface area contributed by atoms with E-state index in [4.69, 9.17) is 0 Å². The number of carbonyl (C=O) groups is 2. The zero-order valence-electron chi connectivity index (χ0n) is 23.5. The smallest absolute Gasteiger partial charge is 0.273 e. The SMILES string of the molecule is O=C(Cc1ccccc1[N+](=O)[O-])Nc1ccc([C@H]2CCC[C@H](c3ccc(NC(=O)Cc4ccccc4[N+](=O)[O-])nn3)C2)nn1. The van der Waals surface area contributed by atoms with Gasteiger partial charge in [-0.05, 0) is 43.5 Å². The van der Waals surface area contributed by atoms with Gasteiger partial charge in [0.1, 0.15) is 0 Å². The molecule has 2 heterocycles. The van der Waals surface area contributed by atoms with Gasteiger partial charge in [0.05, 0.1) is 34.1 Å². The van der Waals surface area contributed by atoms with Gasteiger partial charge in [-0.15, -0.1) is 10.2 Å². The zero-order chi connectivity index (χ0) is 31.1. The number of nitro groups is 2. The molecule has 1 fully saturated rings. The van der Waals surface area contributed by atoms with Crippen molar-refractivity contribution in [1.82, 2.24) is 20.4 Å². The molecule has 0 saturated heterocycles. The lowest BCUT2D eigenvalue weighted by atomic mass is 9.78. The molecule has 4 aromatic rings. The summed E-state index contributed by atoms with van der Waals surface area (Å²) in [5, 5.41) is 44.7. The number of rotatable bonds is 10. The highest BCUT2D eigenvalue weighted by Crippen LogP contribution is 2.40. The predicted octanol–water partition coefficient (Wildman–Crippen LogP) is 4.89. The molecule has 44 heavy (non-hydrogen) atoms. The summed E-state index contributed by atoms with van der Waals surface area (Å²) < 4.78 is 0. The van der Waals surface area contributed by atoms with Gasteiger partial charge < -0.3 is 10.6 Å². The number of benzene rings is 2. The first-order valence-corrected chi connectivity index (χ1v) is 14.0. The Morgan fingerprint density at radius 3 is 1.48 bits per heavy atom. The largest absolute Gasteiger partial charge is 0.309 e. The number of hydrogen-bond acceptors (Lipinski definition) is 10. The van der Waals surface area contributed by atoms with Gasteiger partial charge in [-0.3, -0.25) is 29.8 Å². The van der Waals surface area contributed by atoms with E-state index in [0.29, 0.717) is 11.1 Å². The van der Waals surface area contributed by atoms with Gasteiger partial charge in [0, 0.05) is 35.1 Å². The van der Waals surface area contributed by atoms with Gasteiger partial charge in [0.2, 0.25) is 11.8 Å². The topological polar surface area (TPSA) is 196 Å². The predicted molar refractivity (Wildman–Crippen MR) is 159 cm³/mol. The molecule has 0 radical (unpaired) electrons. The Hall–Kier alpha value is -5.66. The summed E-state index contributed by atoms with van der Waals surface area (Å²) in [4.78, 5) is 46.4. The highest BCUT2D eigenvalue weighted by Gasteiger charge is 2.27. The summed E-state index contributed by atoms with van der Waals surface area (Å²) in [5.74, 6) is -0.0934. The average molecular weight is 597 g/mol. The Balaban J connectivity index is 1.15. The molecule has 0 spiro atoms. The van der Waals surface area contributed by atoms with Crippen molar-refractivity contribution < 1.29 is 19.4 Å². The third-order valence-corrected chi connectivity index (χ3v) is 7.49. The Kier molecular flexibility index (Phi) is 9.18. The lowest BCUT2D eigenvalue weighted by molar-refractivity contribution is -0.385. The second kappa shape index (κ2) is 13.5. The summed E-state index contributed by atoms with van der Waals surface area (Å²) in [6.07, 6.45) is 3.23. The van der Waals surface area contributed by atoms with Crippen molar-refractivity contribution in [3.63, 3.8) is 0 Å². The van der Waals surface area contributed by atoms with E-state index in [1.54, 1.807) is 48.5 Å². The quantitative estimate of drug-likeness (QED) is 0.188. The Morgan fingerprint density at radius 1 is 0.659 bits per heavy atom. The van der Waals surface area contributed by atoms with Crippen molar-refractivity contribution in [3.8, 4) is 0 Å². The van der Waals surface area contributed by atoms with E-state index in [2.05, 4.69) is 31.0 Å². The van der Waals surface area contributed by atoms with Crippen molar-refractivity contribution in [2.24, 2.45) is 0 Å². The highest BCUT2D eigenvalue weighted by atomic mass is 16.6. The highest BCUT2D eigenvalue weighted by molar-refractivity contribution is 5.92. The van der Waals surface area contributed by atoms with Gasteiger partial charge in [0.25, 0.3) is 11.4 Å². The number of nitrogens with zero attached hydrogens (tertiary/aromatic N) is 6. The molecule has 1 aliphatic carbocycles. The van der Waals surface area contributed by atoms with E-state index >= 15 is 0 Å². The minimum atomic E-state index is -0.517. The molecular formula is C30H28N8O6. The number of carbonyl (C=O) groups excluding carboxylic acids is 2. The zero-order valence-corrected chi connectivity index (χ0v) is 23.5. The Labute approximate surface area is 251 Å². The molecule has 2 amide bonds. The molecule has 0 aliphatic heterocycles. The normalized spacial score (nSPS) is 16.1. The van der Waals surface area contributed by atoms with Gasteiger partial charge in [-0.1, -0.05) is 42.8 Å². The first-order valence-electron chi connectivity index (χ1n) is 14.0. The van der Waals surface area contributed by atoms with Crippen LogP contribution in [0.3, 0.4) is 0 Å². The molecule has 2 N–H and O–H groups in total. The fourth-order valence-corrected chi connectivity index (χ4v) is 5.38. The monoisotopic (exact) mass is 596 g/mol. The van der Waals surface area contributed by atoms with Gasteiger partial charge in [-0.25, -0.2) is 0 Å². The number of amides is 2. The van der Waals surface area contributed by atoms with Gasteiger partial charge >= 0.3 is 0 Å². The van der Waals surface area contributed by atoms with Gasteiger partial charge in [0.15, 0.2) is 11.6 Å². The van der Waals surface area contributed by atoms with E-state index in [1.807, 2.05) is 12.1 Å². The Morgan fingerprint density at radius 2 is 1.09 bits per heavy atom. The molecule has 5 rings (SSSR count). The van der Waals surface area contributed by atoms with Gasteiger partial charge in [-0.2, -0.15) is 10.2 Å². The standard InChI is InChI=1S/C30H28N8O6/c39-29(17-21-6-1-3-10-25(21)37(41)42)31-27-14-12-23(33-35-27)19-8-5-9-20(16-19)24-13-15-28(36-34-24)32-30(40)18-22-7-2-4-11-26(22)38(43)44/h1-4,6-7,10-15,19-20H,5,8-9,16-18H2,(H,31,35,39)(H,32,36,40)/t19-,20-/m0/s1. The maximum Gasteiger partial charge on any atom is 0.273 e. The van der Waals surface area contributed by atoms with Crippen LogP contribution in [0.4, 0.5) is 23.0 Å². The molecule has 1 aliphatic rings. The van der Waals surface area contributed by atoms with Crippen LogP contribution in [0.25, 0.3) is 0 Å². The lowest BCUT2D eigenvalue weighted by Crippen LogP contribution is -2.19. The molecule has 2 aromatic heterocycles. The summed E-state index contributed by atoms with van der Waals surface area (Å²) >= 11 is 0. The lowest BCUT2D eigenvalue weighted by Gasteiger charge is -2.28. The van der Waals surface area contributed by atoms with Crippen LogP contribution in [0.5, 0.6) is 0 Å². The minimum absolute atomic E-state index is 0.114. The van der Waals surface area contributed by atoms with Crippen LogP contribution in [0.2, 0.25) is 0 Å². The molecular weight excluding hydrogens is 568 g/mol. The maximum absolute atomic E-state index is 12.5. The van der Waals surface area contributed by atoms with Crippen LogP contribution in [0, 0.1) is 20.2 Å². The van der Waals surface area contributed by atoms with Crippen LogP contribution in [-0.4, -0.2) is 42.1 Å². The molecule has 14 heteroatoms. The van der Waals surface area contributed by atoms with Crippen LogP contribution < -0.4 is 10.6 Å². The third-order valence-electron chi connectivity index (χ3n) is 7.49. The van der Waals surface area contributed by atoms with Crippen molar-refractivity contribution in [2.45, 2.75) is 50.4 Å². The van der Waals surface area contributed by atoms with E-state index in [-0.39, 0.29) is 47.7 Å². The number of aromatic nitrogens is 4. The number of anilines is 2. The van der Waals surface area contributed by atoms with Crippen LogP contribution in [-0.2, 0) is 22.4 Å². The molecule has 224 valence electrons. The number of nitrogens with one attached hydrogen (secondary N) is 2. The molecule has 2 atom stereocenters. The molecule has 2 aromatic carbocycles. The van der Waals surface area contributed by atoms with Crippen molar-refractivity contribution in [2.75, 3.05) is 10.6 Å². The molecule has 0 bridgehead atoms. The summed E-state index contributed by atoms with van der Waals surface area (Å²) in [5.41, 5.74) is 1.97.